The van der Waals surface area contributed by atoms with Gasteiger partial charge in [0.15, 0.2) is 0 Å². The van der Waals surface area contributed by atoms with Crippen molar-refractivity contribution < 1.29 is 14.4 Å². The van der Waals surface area contributed by atoms with Gasteiger partial charge in [0, 0.05) is 22.1 Å². The first-order chi connectivity index (χ1) is 17.6. The van der Waals surface area contributed by atoms with Gasteiger partial charge < -0.3 is 4.90 Å². The number of hydrogen-bond donors (Lipinski definition) is 0. The minimum Gasteiger partial charge on any atom is -0.329 e. The summed E-state index contributed by atoms with van der Waals surface area (Å²) >= 11 is 3.50. The molecule has 0 fully saturated rings. The smallest absolute Gasteiger partial charge is 0.261 e. The van der Waals surface area contributed by atoms with Crippen LogP contribution < -0.4 is 0 Å². The number of rotatable bonds is 5. The molecule has 3 amide bonds. The molecule has 5 rings (SSSR count). The molecule has 0 saturated heterocycles. The highest BCUT2D eigenvalue weighted by molar-refractivity contribution is 9.10. The molecule has 1 unspecified atom stereocenters. The maximum absolute atomic E-state index is 13.5. The molecule has 2 aliphatic heterocycles. The second-order valence-electron chi connectivity index (χ2n) is 10.1. The van der Waals surface area contributed by atoms with E-state index in [4.69, 9.17) is 0 Å². The van der Waals surface area contributed by atoms with Crippen LogP contribution >= 0.6 is 26.0 Å². The van der Waals surface area contributed by atoms with Crippen LogP contribution in [0.5, 0.6) is 0 Å². The highest BCUT2D eigenvalue weighted by Crippen LogP contribution is 2.33. The average Bonchev–Trinajstić information content (AvgIpc) is 3.31. The lowest BCUT2D eigenvalue weighted by Crippen LogP contribution is -2.47. The van der Waals surface area contributed by atoms with Crippen molar-refractivity contribution >= 4 is 43.7 Å². The minimum absolute atomic E-state index is 0.0867. The van der Waals surface area contributed by atoms with E-state index >= 15 is 0 Å². The topological polar surface area (TPSA) is 57.7 Å². The summed E-state index contributed by atoms with van der Waals surface area (Å²) in [6.07, 6.45) is 6.94. The lowest BCUT2D eigenvalue weighted by atomic mass is 10.0. The molecule has 5 nitrogen and oxygen atoms in total. The molecule has 0 bridgehead atoms. The number of fused-ring (bicyclic) bond motifs is 2. The maximum Gasteiger partial charge on any atom is 0.261 e. The zero-order valence-corrected chi connectivity index (χ0v) is 23.4. The summed E-state index contributed by atoms with van der Waals surface area (Å²) in [6, 6.07) is 20.1. The Morgan fingerprint density at radius 1 is 0.865 bits per heavy atom. The van der Waals surface area contributed by atoms with Gasteiger partial charge in [-0.15, -0.1) is 0 Å². The van der Waals surface area contributed by atoms with Gasteiger partial charge in [-0.05, 0) is 84.0 Å². The number of hydrogen-bond acceptors (Lipinski definition) is 3. The molecule has 3 aromatic carbocycles. The molecule has 0 aromatic heterocycles. The third kappa shape index (κ3) is 5.22. The first kappa shape index (κ1) is 25.3. The lowest BCUT2D eigenvalue weighted by molar-refractivity contribution is 0.0528. The van der Waals surface area contributed by atoms with E-state index in [1.54, 1.807) is 29.2 Å². The Labute approximate surface area is 227 Å². The number of nitrogens with zero attached hydrogens (tertiary/aromatic N) is 2. The van der Waals surface area contributed by atoms with Gasteiger partial charge in [-0.25, -0.2) is 0 Å². The average molecular weight is 576 g/mol. The summed E-state index contributed by atoms with van der Waals surface area (Å²) < 4.78 is 0.907. The quantitative estimate of drug-likeness (QED) is 0.306. The van der Waals surface area contributed by atoms with Gasteiger partial charge in [-0.3, -0.25) is 19.3 Å². The normalized spacial score (nSPS) is 15.8. The van der Waals surface area contributed by atoms with Crippen LogP contribution in [-0.4, -0.2) is 58.9 Å². The van der Waals surface area contributed by atoms with Crippen molar-refractivity contribution in [3.05, 3.63) is 105 Å². The van der Waals surface area contributed by atoms with Gasteiger partial charge >= 0.3 is 0 Å². The third-order valence-corrected chi connectivity index (χ3v) is 7.72. The molecule has 0 radical (unpaired) electrons. The Balaban J connectivity index is 1.47. The van der Waals surface area contributed by atoms with Crippen molar-refractivity contribution in [1.82, 2.24) is 9.80 Å². The van der Waals surface area contributed by atoms with E-state index in [-0.39, 0.29) is 24.3 Å². The van der Waals surface area contributed by atoms with Crippen molar-refractivity contribution in [2.75, 3.05) is 25.3 Å². The van der Waals surface area contributed by atoms with E-state index in [0.717, 1.165) is 21.2 Å². The van der Waals surface area contributed by atoms with Crippen molar-refractivity contribution in [2.24, 2.45) is 0 Å². The molecule has 0 spiro atoms. The fourth-order valence-electron chi connectivity index (χ4n) is 4.76. The fraction of sp³-hybridized carbons (Fsp3) is 0.233. The number of imide groups is 1. The Bertz CT molecular complexity index is 1460. The Hall–Kier alpha value is -3.34. The first-order valence-corrected chi connectivity index (χ1v) is 15.6. The van der Waals surface area contributed by atoms with Crippen molar-refractivity contribution in [1.29, 1.82) is 0 Å². The van der Waals surface area contributed by atoms with Gasteiger partial charge in [0.25, 0.3) is 17.7 Å². The summed E-state index contributed by atoms with van der Waals surface area (Å²) in [4.78, 5) is 42.9. The van der Waals surface area contributed by atoms with Crippen molar-refractivity contribution in [3.8, 4) is 11.2 Å². The predicted molar refractivity (Wildman–Crippen MR) is 152 cm³/mol. The minimum atomic E-state index is -0.966. The summed E-state index contributed by atoms with van der Waals surface area (Å²) in [5.41, 5.74) is 4.32. The highest BCUT2D eigenvalue weighted by atomic mass is 79.9. The zero-order valence-electron chi connectivity index (χ0n) is 21.0. The van der Waals surface area contributed by atoms with Gasteiger partial charge in [-0.1, -0.05) is 46.1 Å². The first-order valence-electron chi connectivity index (χ1n) is 12.0. The van der Waals surface area contributed by atoms with Crippen LogP contribution in [0.25, 0.3) is 0 Å². The summed E-state index contributed by atoms with van der Waals surface area (Å²) in [7, 11) is -0.966. The molecular formula is C30H27BrN2O3S. The van der Waals surface area contributed by atoms with E-state index in [0.29, 0.717) is 29.7 Å². The van der Waals surface area contributed by atoms with Gasteiger partial charge in [0.05, 0.1) is 23.7 Å². The molecule has 0 N–H and O–H groups in total. The Morgan fingerprint density at radius 3 is 2.24 bits per heavy atom. The molecular weight excluding hydrogens is 548 g/mol. The van der Waals surface area contributed by atoms with Gasteiger partial charge in [-0.2, -0.15) is 10.0 Å². The van der Waals surface area contributed by atoms with E-state index < -0.39 is 16.1 Å². The van der Waals surface area contributed by atoms with E-state index in [2.05, 4.69) is 45.9 Å². The molecule has 1 atom stereocenters. The van der Waals surface area contributed by atoms with Crippen LogP contribution in [0.4, 0.5) is 0 Å². The second kappa shape index (κ2) is 9.85. The molecule has 188 valence electrons. The number of carbonyl (C=O) groups is 3. The monoisotopic (exact) mass is 574 g/mol. The predicted octanol–water partition coefficient (Wildman–Crippen LogP) is 5.32. The van der Waals surface area contributed by atoms with Gasteiger partial charge in [0.2, 0.25) is 0 Å². The molecule has 0 saturated carbocycles. The third-order valence-electron chi connectivity index (χ3n) is 6.51. The molecule has 37 heavy (non-hydrogen) atoms. The molecule has 2 aliphatic rings. The van der Waals surface area contributed by atoms with Gasteiger partial charge in [0.1, 0.15) is 0 Å². The standard InChI is InChI=1S/C30H27BrN2O3S/c1-37(2,3)14-13-20-7-6-8-21(15-20)16-24(32-18-22-17-23(31)11-12-25(22)28(32)34)19-33-29(35)26-9-4-5-10-27(26)30(33)36/h4-12,15,17,24H,16,18-19H2,1-3H3. The molecule has 2 heterocycles. The lowest BCUT2D eigenvalue weighted by Gasteiger charge is -2.31. The van der Waals surface area contributed by atoms with Crippen LogP contribution in [-0.2, 0) is 13.0 Å². The van der Waals surface area contributed by atoms with E-state index in [1.807, 2.05) is 42.5 Å². The molecule has 7 heteroatoms. The highest BCUT2D eigenvalue weighted by Gasteiger charge is 2.40. The van der Waals surface area contributed by atoms with Crippen LogP contribution in [0, 0.1) is 11.2 Å². The summed E-state index contributed by atoms with van der Waals surface area (Å²) in [6.45, 7) is 0.545. The number of amides is 3. The number of carbonyl (C=O) groups excluding carboxylic acids is 3. The Morgan fingerprint density at radius 2 is 1.57 bits per heavy atom. The Kier molecular flexibility index (Phi) is 6.74. The summed E-state index contributed by atoms with van der Waals surface area (Å²) in [5.74, 6) is 2.56. The molecule has 0 aliphatic carbocycles. The van der Waals surface area contributed by atoms with E-state index in [9.17, 15) is 14.4 Å². The number of benzene rings is 3. The van der Waals surface area contributed by atoms with Crippen LogP contribution in [0.2, 0.25) is 0 Å². The largest absolute Gasteiger partial charge is 0.329 e. The van der Waals surface area contributed by atoms with Crippen LogP contribution in [0.1, 0.15) is 47.8 Å². The van der Waals surface area contributed by atoms with Crippen molar-refractivity contribution in [3.63, 3.8) is 0 Å². The number of halogens is 1. The maximum atomic E-state index is 13.5. The van der Waals surface area contributed by atoms with Crippen LogP contribution in [0.3, 0.4) is 0 Å². The molecule has 3 aromatic rings. The summed E-state index contributed by atoms with van der Waals surface area (Å²) in [5, 5.41) is 3.35. The second-order valence-corrected chi connectivity index (χ2v) is 14.9. The zero-order chi connectivity index (χ0) is 26.3. The SMILES string of the molecule is CS(C)(C)C#Cc1cccc(CC(CN2C(=O)c3ccccc3C2=O)N2Cc3cc(Br)ccc3C2=O)c1. The van der Waals surface area contributed by atoms with E-state index in [1.165, 1.54) is 4.90 Å². The van der Waals surface area contributed by atoms with Crippen molar-refractivity contribution in [2.45, 2.75) is 19.0 Å². The van der Waals surface area contributed by atoms with Crippen LogP contribution in [0.15, 0.2) is 71.2 Å². The fourth-order valence-corrected chi connectivity index (χ4v) is 5.59.